The predicted molar refractivity (Wildman–Crippen MR) is 77.7 cm³/mol. The first kappa shape index (κ1) is 17.5. The molecule has 0 saturated carbocycles. The van der Waals surface area contributed by atoms with Crippen LogP contribution < -0.4 is 11.2 Å². The molecule has 1 N–H and O–H groups in total. The molecule has 6 nitrogen and oxygen atoms in total. The highest BCUT2D eigenvalue weighted by atomic mass is 19.4. The Bertz CT molecular complexity index is 851. The van der Waals surface area contributed by atoms with Crippen molar-refractivity contribution in [2.45, 2.75) is 12.6 Å². The average molecular weight is 342 g/mol. The molecule has 0 spiro atoms. The van der Waals surface area contributed by atoms with E-state index in [2.05, 4.69) is 0 Å². The average Bonchev–Trinajstić information content (AvgIpc) is 2.50. The number of aryl methyl sites for hydroxylation is 1. The fourth-order valence-electron chi connectivity index (χ4n) is 1.91. The minimum atomic E-state index is -4.41. The summed E-state index contributed by atoms with van der Waals surface area (Å²) < 4.78 is 43.2. The molecular formula is C15H13F3N2O4. The molecule has 0 unspecified atom stereocenters. The maximum Gasteiger partial charge on any atom is 0.416 e. The molecule has 1 aromatic carbocycles. The zero-order chi connectivity index (χ0) is 17.9. The molecule has 0 aliphatic rings. The predicted octanol–water partition coefficient (Wildman–Crippen LogP) is 1.49. The number of alkyl halides is 3. The van der Waals surface area contributed by atoms with Crippen LogP contribution in [0, 0.1) is 0 Å². The number of ether oxygens (including phenoxy) is 1. The molecule has 0 aliphatic heterocycles. The van der Waals surface area contributed by atoms with E-state index in [0.717, 1.165) is 22.9 Å². The fraction of sp³-hybridized carbons (Fsp3) is 0.267. The number of aromatic nitrogens is 2. The van der Waals surface area contributed by atoms with Gasteiger partial charge in [0.15, 0.2) is 0 Å². The summed E-state index contributed by atoms with van der Waals surface area (Å²) in [6, 6.07) is 4.45. The molecule has 2 rings (SSSR count). The van der Waals surface area contributed by atoms with Crippen LogP contribution in [0.15, 0.2) is 40.1 Å². The molecule has 0 aliphatic carbocycles. The molecule has 0 fully saturated rings. The highest BCUT2D eigenvalue weighted by Gasteiger charge is 2.29. The summed E-state index contributed by atoms with van der Waals surface area (Å²) in [6.45, 7) is -0.119. The summed E-state index contributed by atoms with van der Waals surface area (Å²) in [6.07, 6.45) is -3.16. The van der Waals surface area contributed by atoms with Gasteiger partial charge in [0, 0.05) is 19.7 Å². The maximum atomic E-state index is 12.4. The Kier molecular flexibility index (Phi) is 4.91. The van der Waals surface area contributed by atoms with Gasteiger partial charge in [-0.25, -0.2) is 9.59 Å². The summed E-state index contributed by atoms with van der Waals surface area (Å²) in [5, 5.41) is 0. The van der Waals surface area contributed by atoms with Gasteiger partial charge in [0.2, 0.25) is 0 Å². The van der Waals surface area contributed by atoms with Gasteiger partial charge in [-0.05, 0) is 17.7 Å². The van der Waals surface area contributed by atoms with Gasteiger partial charge in [-0.15, -0.1) is 0 Å². The van der Waals surface area contributed by atoms with Crippen molar-refractivity contribution in [2.75, 3.05) is 6.61 Å². The van der Waals surface area contributed by atoms with Gasteiger partial charge in [-0.2, -0.15) is 13.2 Å². The van der Waals surface area contributed by atoms with Crippen molar-refractivity contribution in [3.63, 3.8) is 0 Å². The van der Waals surface area contributed by atoms with E-state index in [4.69, 9.17) is 4.74 Å². The Morgan fingerprint density at radius 1 is 1.21 bits per heavy atom. The zero-order valence-electron chi connectivity index (χ0n) is 12.5. The normalized spacial score (nSPS) is 11.3. The number of nitrogens with one attached hydrogen (secondary N) is 1. The number of esters is 1. The lowest BCUT2D eigenvalue weighted by atomic mass is 10.1. The lowest BCUT2D eigenvalue weighted by Crippen LogP contribution is -2.32. The van der Waals surface area contributed by atoms with Crippen LogP contribution in [0.1, 0.15) is 21.5 Å². The molecule has 0 amide bonds. The van der Waals surface area contributed by atoms with E-state index in [1.807, 2.05) is 4.98 Å². The van der Waals surface area contributed by atoms with Crippen LogP contribution in [0.3, 0.4) is 0 Å². The number of H-pyrrole nitrogens is 1. The molecule has 128 valence electrons. The summed E-state index contributed by atoms with van der Waals surface area (Å²) in [4.78, 5) is 36.5. The van der Waals surface area contributed by atoms with E-state index in [-0.39, 0.29) is 18.6 Å². The molecule has 9 heteroatoms. The summed E-state index contributed by atoms with van der Waals surface area (Å²) in [7, 11) is 1.36. The van der Waals surface area contributed by atoms with E-state index in [1.165, 1.54) is 19.2 Å². The Labute approximate surface area is 133 Å². The van der Waals surface area contributed by atoms with Crippen LogP contribution in [0.25, 0.3) is 0 Å². The molecule has 24 heavy (non-hydrogen) atoms. The highest BCUT2D eigenvalue weighted by molar-refractivity contribution is 5.88. The second kappa shape index (κ2) is 6.73. The van der Waals surface area contributed by atoms with Gasteiger partial charge in [-0.3, -0.25) is 9.78 Å². The number of carbonyl (C=O) groups is 1. The van der Waals surface area contributed by atoms with Crippen LogP contribution in [0.2, 0.25) is 0 Å². The molecule has 1 aromatic heterocycles. The third-order valence-corrected chi connectivity index (χ3v) is 3.23. The van der Waals surface area contributed by atoms with Crippen molar-refractivity contribution in [1.82, 2.24) is 9.55 Å². The number of benzene rings is 1. The number of nitrogens with zero attached hydrogens (tertiary/aromatic N) is 1. The number of hydrogen-bond donors (Lipinski definition) is 1. The van der Waals surface area contributed by atoms with Crippen molar-refractivity contribution in [3.8, 4) is 0 Å². The molecule has 2 aromatic rings. The number of rotatable bonds is 4. The van der Waals surface area contributed by atoms with E-state index in [1.54, 1.807) is 0 Å². The van der Waals surface area contributed by atoms with Gasteiger partial charge < -0.3 is 9.30 Å². The Balaban J connectivity index is 1.97. The third-order valence-electron chi connectivity index (χ3n) is 3.23. The van der Waals surface area contributed by atoms with E-state index < -0.39 is 29.0 Å². The van der Waals surface area contributed by atoms with Crippen molar-refractivity contribution >= 4 is 5.97 Å². The number of aromatic amines is 1. The molecule has 0 saturated heterocycles. The smallest absolute Gasteiger partial charge is 0.416 e. The first-order valence-corrected chi connectivity index (χ1v) is 6.81. The first-order chi connectivity index (χ1) is 11.2. The zero-order valence-corrected chi connectivity index (χ0v) is 12.5. The summed E-state index contributed by atoms with van der Waals surface area (Å²) in [5.41, 5.74) is -2.08. The second-order valence-corrected chi connectivity index (χ2v) is 4.99. The summed E-state index contributed by atoms with van der Waals surface area (Å²) >= 11 is 0. The fourth-order valence-corrected chi connectivity index (χ4v) is 1.91. The SMILES string of the molecule is Cn1cc(C(=O)OCCc2ccc(C(F)(F)F)cc2)c(=O)[nH]c1=O. The minimum absolute atomic E-state index is 0.119. The van der Waals surface area contributed by atoms with Gasteiger partial charge in [0.05, 0.1) is 12.2 Å². The van der Waals surface area contributed by atoms with Crippen LogP contribution in [-0.4, -0.2) is 22.1 Å². The lowest BCUT2D eigenvalue weighted by molar-refractivity contribution is -0.137. The molecule has 0 bridgehead atoms. The number of carbonyl (C=O) groups excluding carboxylic acids is 1. The van der Waals surface area contributed by atoms with Gasteiger partial charge in [0.25, 0.3) is 5.56 Å². The maximum absolute atomic E-state index is 12.4. The lowest BCUT2D eigenvalue weighted by Gasteiger charge is -2.08. The number of hydrogen-bond acceptors (Lipinski definition) is 4. The second-order valence-electron chi connectivity index (χ2n) is 4.99. The summed E-state index contributed by atoms with van der Waals surface area (Å²) in [5.74, 6) is -0.918. The Morgan fingerprint density at radius 3 is 2.42 bits per heavy atom. The van der Waals surface area contributed by atoms with Crippen molar-refractivity contribution in [2.24, 2.45) is 7.05 Å². The van der Waals surface area contributed by atoms with Gasteiger partial charge >= 0.3 is 17.8 Å². The van der Waals surface area contributed by atoms with Gasteiger partial charge in [0.1, 0.15) is 5.56 Å². The van der Waals surface area contributed by atoms with Crippen LogP contribution in [0.5, 0.6) is 0 Å². The monoisotopic (exact) mass is 342 g/mol. The molecule has 0 atom stereocenters. The number of halogens is 3. The third kappa shape index (κ3) is 4.12. The minimum Gasteiger partial charge on any atom is -0.462 e. The van der Waals surface area contributed by atoms with Crippen LogP contribution >= 0.6 is 0 Å². The van der Waals surface area contributed by atoms with Crippen LogP contribution in [0.4, 0.5) is 13.2 Å². The largest absolute Gasteiger partial charge is 0.462 e. The van der Waals surface area contributed by atoms with E-state index in [9.17, 15) is 27.6 Å². The molecule has 0 radical (unpaired) electrons. The molecular weight excluding hydrogens is 329 g/mol. The van der Waals surface area contributed by atoms with Gasteiger partial charge in [-0.1, -0.05) is 12.1 Å². The van der Waals surface area contributed by atoms with Crippen molar-refractivity contribution in [3.05, 3.63) is 68.0 Å². The quantitative estimate of drug-likeness (QED) is 0.854. The highest BCUT2D eigenvalue weighted by Crippen LogP contribution is 2.29. The van der Waals surface area contributed by atoms with E-state index >= 15 is 0 Å². The Morgan fingerprint density at radius 2 is 1.83 bits per heavy atom. The molecule has 1 heterocycles. The van der Waals surface area contributed by atoms with Crippen molar-refractivity contribution in [1.29, 1.82) is 0 Å². The Hall–Kier alpha value is -2.84. The van der Waals surface area contributed by atoms with Crippen molar-refractivity contribution < 1.29 is 22.7 Å². The van der Waals surface area contributed by atoms with Crippen LogP contribution in [-0.2, 0) is 24.4 Å². The first-order valence-electron chi connectivity index (χ1n) is 6.81. The van der Waals surface area contributed by atoms with E-state index in [0.29, 0.717) is 5.56 Å². The standard InChI is InChI=1S/C15H13F3N2O4/c1-20-8-11(12(21)19-14(20)23)13(22)24-7-6-9-2-4-10(5-3-9)15(16,17)18/h2-5,8H,6-7H2,1H3,(H,19,21,23). The topological polar surface area (TPSA) is 81.2 Å².